The number of methoxy groups -OCH3 is 1. The van der Waals surface area contributed by atoms with Crippen LogP contribution in [0, 0.1) is 3.57 Å². The lowest BCUT2D eigenvalue weighted by Crippen LogP contribution is -2.33. The van der Waals surface area contributed by atoms with Crippen LogP contribution in [0.1, 0.15) is 0 Å². The average molecular weight is 384 g/mol. The molecule has 0 aromatic heterocycles. The lowest BCUT2D eigenvalue weighted by atomic mass is 10.4. The van der Waals surface area contributed by atoms with Crippen molar-refractivity contribution in [3.63, 3.8) is 0 Å². The highest BCUT2D eigenvalue weighted by atomic mass is 127. The molecule has 0 saturated carbocycles. The molecule has 0 atom stereocenters. The lowest BCUT2D eigenvalue weighted by Gasteiger charge is -2.08. The number of benzene rings is 1. The summed E-state index contributed by atoms with van der Waals surface area (Å²) in [7, 11) is -1.78. The number of halogens is 1. The molecule has 0 heterocycles. The van der Waals surface area contributed by atoms with Crippen molar-refractivity contribution < 1.29 is 13.2 Å². The van der Waals surface area contributed by atoms with Crippen molar-refractivity contribution in [2.24, 2.45) is 0 Å². The predicted octanol–water partition coefficient (Wildman–Crippen LogP) is 0.805. The molecular formula is C11H17IN2O3S. The number of rotatable bonds is 8. The van der Waals surface area contributed by atoms with Gasteiger partial charge in [0.1, 0.15) is 0 Å². The van der Waals surface area contributed by atoms with Crippen LogP contribution in [0.4, 0.5) is 0 Å². The van der Waals surface area contributed by atoms with Crippen LogP contribution in [-0.2, 0) is 14.8 Å². The molecule has 0 unspecified atom stereocenters. The highest BCUT2D eigenvalue weighted by Crippen LogP contribution is 2.12. The van der Waals surface area contributed by atoms with E-state index in [1.807, 2.05) is 6.07 Å². The number of nitrogens with one attached hydrogen (secondary N) is 2. The Morgan fingerprint density at radius 3 is 2.72 bits per heavy atom. The molecule has 0 aliphatic heterocycles. The van der Waals surface area contributed by atoms with Gasteiger partial charge >= 0.3 is 0 Å². The zero-order chi connectivity index (χ0) is 13.4. The van der Waals surface area contributed by atoms with Gasteiger partial charge in [0.25, 0.3) is 0 Å². The first-order chi connectivity index (χ1) is 8.56. The standard InChI is InChI=1S/C11H17IN2O3S/c1-17-8-7-13-5-6-14-18(15,16)11-4-2-3-10(12)9-11/h2-4,9,13-14H,5-8H2,1H3. The first-order valence-corrected chi connectivity index (χ1v) is 8.07. The molecule has 1 rings (SSSR count). The second-order valence-corrected chi connectivity index (χ2v) is 6.61. The summed E-state index contributed by atoms with van der Waals surface area (Å²) >= 11 is 2.09. The van der Waals surface area contributed by atoms with Gasteiger partial charge in [0.2, 0.25) is 10.0 Å². The molecule has 0 fully saturated rings. The van der Waals surface area contributed by atoms with E-state index in [0.29, 0.717) is 31.1 Å². The van der Waals surface area contributed by atoms with E-state index in [1.165, 1.54) is 0 Å². The summed E-state index contributed by atoms with van der Waals surface area (Å²) in [4.78, 5) is 0.297. The van der Waals surface area contributed by atoms with Crippen LogP contribution in [0.15, 0.2) is 29.2 Å². The molecule has 18 heavy (non-hydrogen) atoms. The maximum Gasteiger partial charge on any atom is 0.240 e. The van der Waals surface area contributed by atoms with Crippen LogP contribution < -0.4 is 10.0 Å². The highest BCUT2D eigenvalue weighted by Gasteiger charge is 2.12. The van der Waals surface area contributed by atoms with Crippen molar-refractivity contribution in [1.29, 1.82) is 0 Å². The topological polar surface area (TPSA) is 67.4 Å². The van der Waals surface area contributed by atoms with Gasteiger partial charge in [-0.3, -0.25) is 0 Å². The Morgan fingerprint density at radius 1 is 1.28 bits per heavy atom. The summed E-state index contributed by atoms with van der Waals surface area (Å²) < 4.78 is 32.1. The van der Waals surface area contributed by atoms with Gasteiger partial charge in [-0.15, -0.1) is 0 Å². The van der Waals surface area contributed by atoms with E-state index in [-0.39, 0.29) is 0 Å². The van der Waals surface area contributed by atoms with Gasteiger partial charge in [-0.05, 0) is 40.8 Å². The molecule has 1 aromatic rings. The molecule has 0 amide bonds. The summed E-state index contributed by atoms with van der Waals surface area (Å²) in [5, 5.41) is 3.07. The summed E-state index contributed by atoms with van der Waals surface area (Å²) in [5.74, 6) is 0. The molecule has 1 aromatic carbocycles. The van der Waals surface area contributed by atoms with Crippen LogP contribution in [0.2, 0.25) is 0 Å². The van der Waals surface area contributed by atoms with Crippen LogP contribution in [0.25, 0.3) is 0 Å². The molecule has 102 valence electrons. The van der Waals surface area contributed by atoms with Crippen LogP contribution >= 0.6 is 22.6 Å². The fourth-order valence-electron chi connectivity index (χ4n) is 1.29. The summed E-state index contributed by atoms with van der Waals surface area (Å²) in [6, 6.07) is 6.81. The molecule has 0 saturated heterocycles. The van der Waals surface area contributed by atoms with E-state index >= 15 is 0 Å². The molecule has 0 radical (unpaired) electrons. The van der Waals surface area contributed by atoms with E-state index in [2.05, 4.69) is 32.6 Å². The highest BCUT2D eigenvalue weighted by molar-refractivity contribution is 14.1. The Bertz CT molecular complexity index is 465. The third kappa shape index (κ3) is 5.61. The third-order valence-electron chi connectivity index (χ3n) is 2.18. The van der Waals surface area contributed by atoms with Gasteiger partial charge in [0.05, 0.1) is 11.5 Å². The Labute approximate surface area is 121 Å². The van der Waals surface area contributed by atoms with Gasteiger partial charge < -0.3 is 10.1 Å². The third-order valence-corrected chi connectivity index (χ3v) is 4.31. The second kappa shape index (κ2) is 8.05. The lowest BCUT2D eigenvalue weighted by molar-refractivity contribution is 0.199. The maximum atomic E-state index is 11.9. The monoisotopic (exact) mass is 384 g/mol. The molecule has 0 bridgehead atoms. The Hall–Kier alpha value is -0.220. The SMILES string of the molecule is COCCNCCNS(=O)(=O)c1cccc(I)c1. The minimum absolute atomic E-state index is 0.297. The maximum absolute atomic E-state index is 11.9. The smallest absolute Gasteiger partial charge is 0.240 e. The molecule has 7 heteroatoms. The number of ether oxygens (including phenoxy) is 1. The van der Waals surface area contributed by atoms with Crippen molar-refractivity contribution in [1.82, 2.24) is 10.0 Å². The molecule has 5 nitrogen and oxygen atoms in total. The van der Waals surface area contributed by atoms with Crippen molar-refractivity contribution in [2.45, 2.75) is 4.90 Å². The Kier molecular flexibility index (Phi) is 7.08. The van der Waals surface area contributed by atoms with Crippen LogP contribution in [-0.4, -0.2) is 41.8 Å². The molecule has 0 spiro atoms. The van der Waals surface area contributed by atoms with E-state index < -0.39 is 10.0 Å². The predicted molar refractivity (Wildman–Crippen MR) is 79.1 cm³/mol. The number of hydrogen-bond donors (Lipinski definition) is 2. The zero-order valence-corrected chi connectivity index (χ0v) is 13.1. The van der Waals surface area contributed by atoms with Crippen LogP contribution in [0.3, 0.4) is 0 Å². The normalized spacial score (nSPS) is 11.7. The van der Waals surface area contributed by atoms with Gasteiger partial charge in [0.15, 0.2) is 0 Å². The van der Waals surface area contributed by atoms with Crippen LogP contribution in [0.5, 0.6) is 0 Å². The summed E-state index contributed by atoms with van der Waals surface area (Å²) in [5.41, 5.74) is 0. The fraction of sp³-hybridized carbons (Fsp3) is 0.455. The van der Waals surface area contributed by atoms with E-state index in [0.717, 1.165) is 3.57 Å². The van der Waals surface area contributed by atoms with Crippen molar-refractivity contribution >= 4 is 32.6 Å². The summed E-state index contributed by atoms with van der Waals surface area (Å²) in [6.45, 7) is 2.26. The quantitative estimate of drug-likeness (QED) is 0.514. The van der Waals surface area contributed by atoms with E-state index in [9.17, 15) is 8.42 Å². The molecule has 0 aliphatic carbocycles. The molecular weight excluding hydrogens is 367 g/mol. The second-order valence-electron chi connectivity index (χ2n) is 3.60. The van der Waals surface area contributed by atoms with E-state index in [4.69, 9.17) is 4.74 Å². The zero-order valence-electron chi connectivity index (χ0n) is 10.1. The van der Waals surface area contributed by atoms with Gasteiger partial charge in [-0.25, -0.2) is 13.1 Å². The first-order valence-electron chi connectivity index (χ1n) is 5.51. The van der Waals surface area contributed by atoms with Gasteiger partial charge in [-0.1, -0.05) is 6.07 Å². The summed E-state index contributed by atoms with van der Waals surface area (Å²) in [6.07, 6.45) is 0. The van der Waals surface area contributed by atoms with E-state index in [1.54, 1.807) is 25.3 Å². The fourth-order valence-corrected chi connectivity index (χ4v) is 3.12. The first kappa shape index (κ1) is 15.8. The minimum Gasteiger partial charge on any atom is -0.383 e. The average Bonchev–Trinajstić information content (AvgIpc) is 2.33. The van der Waals surface area contributed by atoms with Gasteiger partial charge in [-0.2, -0.15) is 0 Å². The van der Waals surface area contributed by atoms with Crippen molar-refractivity contribution in [3.05, 3.63) is 27.8 Å². The Balaban J connectivity index is 2.41. The van der Waals surface area contributed by atoms with Gasteiger partial charge in [0, 0.05) is 30.3 Å². The molecule has 0 aliphatic rings. The van der Waals surface area contributed by atoms with Crippen molar-refractivity contribution in [2.75, 3.05) is 33.4 Å². The van der Waals surface area contributed by atoms with Crippen molar-refractivity contribution in [3.8, 4) is 0 Å². The minimum atomic E-state index is -3.40. The Morgan fingerprint density at radius 2 is 2.06 bits per heavy atom. The number of hydrogen-bond acceptors (Lipinski definition) is 4. The largest absolute Gasteiger partial charge is 0.383 e. The molecule has 2 N–H and O–H groups in total. The number of sulfonamides is 1.